The summed E-state index contributed by atoms with van der Waals surface area (Å²) in [6, 6.07) is 17.8. The lowest BCUT2D eigenvalue weighted by atomic mass is 10.1. The number of carbonyl (C=O) groups is 1. The lowest BCUT2D eigenvalue weighted by Gasteiger charge is -2.22. The zero-order chi connectivity index (χ0) is 15.2. The number of ether oxygens (including phenoxy) is 1. The van der Waals surface area contributed by atoms with Crippen LogP contribution in [0.2, 0.25) is 0 Å². The molecule has 0 spiro atoms. The van der Waals surface area contributed by atoms with Gasteiger partial charge in [0.05, 0.1) is 13.2 Å². The molecule has 0 atom stereocenters. The van der Waals surface area contributed by atoms with Crippen LogP contribution >= 0.6 is 0 Å². The summed E-state index contributed by atoms with van der Waals surface area (Å²) >= 11 is 0. The molecule has 22 heavy (non-hydrogen) atoms. The largest absolute Gasteiger partial charge is 0.494 e. The molecule has 4 nitrogen and oxygen atoms in total. The number of para-hydroxylation sites is 2. The van der Waals surface area contributed by atoms with Crippen molar-refractivity contribution in [1.82, 2.24) is 5.32 Å². The molecule has 0 fully saturated rings. The van der Waals surface area contributed by atoms with E-state index < -0.39 is 0 Å². The average Bonchev–Trinajstić information content (AvgIpc) is 2.71. The van der Waals surface area contributed by atoms with E-state index in [2.05, 4.69) is 11.4 Å². The van der Waals surface area contributed by atoms with Gasteiger partial charge in [0.15, 0.2) is 0 Å². The Balaban J connectivity index is 1.60. The van der Waals surface area contributed by atoms with E-state index in [4.69, 9.17) is 4.74 Å². The normalized spacial score (nSPS) is 14.4. The van der Waals surface area contributed by atoms with Crippen molar-refractivity contribution >= 4 is 11.6 Å². The molecule has 0 aromatic heterocycles. The van der Waals surface area contributed by atoms with Gasteiger partial charge < -0.3 is 15.0 Å². The molecule has 0 saturated heterocycles. The minimum absolute atomic E-state index is 0.115. The molecule has 1 heterocycles. The van der Waals surface area contributed by atoms with E-state index in [1.807, 2.05) is 53.4 Å². The number of hydrogen-bond acceptors (Lipinski definition) is 3. The maximum atomic E-state index is 12.3. The lowest BCUT2D eigenvalue weighted by molar-refractivity contribution is -0.117. The molecule has 0 bridgehead atoms. The second-order valence-electron chi connectivity index (χ2n) is 5.29. The third kappa shape index (κ3) is 3.46. The first-order valence-electron chi connectivity index (χ1n) is 7.61. The van der Waals surface area contributed by atoms with Gasteiger partial charge in [0, 0.05) is 18.8 Å². The Hall–Kier alpha value is -2.33. The van der Waals surface area contributed by atoms with Gasteiger partial charge in [-0.1, -0.05) is 36.4 Å². The number of anilines is 1. The fraction of sp³-hybridized carbons (Fsp3) is 0.278. The number of hydrogen-bond donors (Lipinski definition) is 1. The van der Waals surface area contributed by atoms with Crippen LogP contribution in [0.5, 0.6) is 5.75 Å². The summed E-state index contributed by atoms with van der Waals surface area (Å²) in [6.07, 6.45) is 0.801. The quantitative estimate of drug-likeness (QED) is 0.862. The van der Waals surface area contributed by atoms with Crippen molar-refractivity contribution in [2.45, 2.75) is 13.0 Å². The third-order valence-corrected chi connectivity index (χ3v) is 3.71. The molecule has 2 aromatic rings. The fourth-order valence-electron chi connectivity index (χ4n) is 2.63. The first-order chi connectivity index (χ1) is 10.8. The van der Waals surface area contributed by atoms with Gasteiger partial charge in [-0.2, -0.15) is 0 Å². The summed E-state index contributed by atoms with van der Waals surface area (Å²) in [4.78, 5) is 14.1. The van der Waals surface area contributed by atoms with Crippen molar-refractivity contribution in [3.05, 3.63) is 60.2 Å². The van der Waals surface area contributed by atoms with Crippen molar-refractivity contribution in [3.8, 4) is 5.75 Å². The summed E-state index contributed by atoms with van der Waals surface area (Å²) in [6.45, 7) is 2.39. The number of benzene rings is 2. The molecule has 4 heteroatoms. The van der Waals surface area contributed by atoms with Crippen LogP contribution in [0, 0.1) is 0 Å². The van der Waals surface area contributed by atoms with Crippen LogP contribution in [0.3, 0.4) is 0 Å². The smallest absolute Gasteiger partial charge is 0.240 e. The van der Waals surface area contributed by atoms with Crippen LogP contribution in [0.25, 0.3) is 0 Å². The molecule has 1 aliphatic rings. The molecule has 0 unspecified atom stereocenters. The van der Waals surface area contributed by atoms with Crippen LogP contribution in [0.4, 0.5) is 5.69 Å². The van der Waals surface area contributed by atoms with Crippen LogP contribution < -0.4 is 15.0 Å². The number of fused-ring (bicyclic) bond motifs is 1. The van der Waals surface area contributed by atoms with Gasteiger partial charge in [-0.05, 0) is 30.2 Å². The van der Waals surface area contributed by atoms with E-state index in [0.29, 0.717) is 19.7 Å². The van der Waals surface area contributed by atoms with Crippen LogP contribution in [0.1, 0.15) is 12.0 Å². The van der Waals surface area contributed by atoms with E-state index in [0.717, 1.165) is 30.0 Å². The summed E-state index contributed by atoms with van der Waals surface area (Å²) in [5.41, 5.74) is 2.18. The maximum Gasteiger partial charge on any atom is 0.240 e. The highest BCUT2D eigenvalue weighted by Gasteiger charge is 2.20. The number of amides is 1. The van der Waals surface area contributed by atoms with Crippen LogP contribution in [0.15, 0.2) is 54.6 Å². The maximum absolute atomic E-state index is 12.3. The highest BCUT2D eigenvalue weighted by atomic mass is 16.5. The Morgan fingerprint density at radius 1 is 1.00 bits per heavy atom. The lowest BCUT2D eigenvalue weighted by Crippen LogP contribution is -2.36. The highest BCUT2D eigenvalue weighted by Crippen LogP contribution is 2.22. The molecule has 3 rings (SSSR count). The summed E-state index contributed by atoms with van der Waals surface area (Å²) < 4.78 is 5.70. The summed E-state index contributed by atoms with van der Waals surface area (Å²) in [7, 11) is 0. The molecular formula is C18H20N2O2. The van der Waals surface area contributed by atoms with E-state index in [1.54, 1.807) is 0 Å². The molecule has 1 N–H and O–H groups in total. The van der Waals surface area contributed by atoms with E-state index in [-0.39, 0.29) is 5.91 Å². The van der Waals surface area contributed by atoms with Crippen LogP contribution in [-0.2, 0) is 11.3 Å². The Labute approximate surface area is 130 Å². The Morgan fingerprint density at radius 3 is 2.64 bits per heavy atom. The first kappa shape index (κ1) is 14.6. The van der Waals surface area contributed by atoms with Crippen LogP contribution in [-0.4, -0.2) is 25.6 Å². The molecule has 2 aromatic carbocycles. The average molecular weight is 296 g/mol. The zero-order valence-corrected chi connectivity index (χ0v) is 12.5. The fourth-order valence-corrected chi connectivity index (χ4v) is 2.63. The summed E-state index contributed by atoms with van der Waals surface area (Å²) in [5, 5.41) is 3.18. The minimum atomic E-state index is 0.115. The van der Waals surface area contributed by atoms with Gasteiger partial charge in [-0.3, -0.25) is 4.79 Å². The molecule has 0 aliphatic carbocycles. The number of carbonyl (C=O) groups excluding carboxylic acids is 1. The molecule has 1 amide bonds. The van der Waals surface area contributed by atoms with E-state index in [9.17, 15) is 4.79 Å². The minimum Gasteiger partial charge on any atom is -0.494 e. The predicted octanol–water partition coefficient (Wildman–Crippen LogP) is 2.59. The molecule has 1 aliphatic heterocycles. The second kappa shape index (κ2) is 7.09. The zero-order valence-electron chi connectivity index (χ0n) is 12.5. The van der Waals surface area contributed by atoms with E-state index >= 15 is 0 Å². The molecule has 0 saturated carbocycles. The predicted molar refractivity (Wildman–Crippen MR) is 87.1 cm³/mol. The first-order valence-corrected chi connectivity index (χ1v) is 7.61. The van der Waals surface area contributed by atoms with Crippen molar-refractivity contribution in [3.63, 3.8) is 0 Å². The molecular weight excluding hydrogens is 276 g/mol. The molecule has 114 valence electrons. The van der Waals surface area contributed by atoms with E-state index in [1.165, 1.54) is 0 Å². The highest BCUT2D eigenvalue weighted by molar-refractivity contribution is 5.96. The Kier molecular flexibility index (Phi) is 4.71. The van der Waals surface area contributed by atoms with Crippen molar-refractivity contribution < 1.29 is 9.53 Å². The summed E-state index contributed by atoms with van der Waals surface area (Å²) in [5.74, 6) is 0.983. The SMILES string of the molecule is O=C1CNCc2ccccc2N1CCCOc1ccccc1. The monoisotopic (exact) mass is 296 g/mol. The van der Waals surface area contributed by atoms with Gasteiger partial charge in [-0.15, -0.1) is 0 Å². The topological polar surface area (TPSA) is 41.6 Å². The van der Waals surface area contributed by atoms with Gasteiger partial charge >= 0.3 is 0 Å². The Morgan fingerprint density at radius 2 is 1.77 bits per heavy atom. The van der Waals surface area contributed by atoms with Crippen molar-refractivity contribution in [2.75, 3.05) is 24.6 Å². The van der Waals surface area contributed by atoms with Gasteiger partial charge in [-0.25, -0.2) is 0 Å². The van der Waals surface area contributed by atoms with Gasteiger partial charge in [0.25, 0.3) is 0 Å². The van der Waals surface area contributed by atoms with Gasteiger partial charge in [0.1, 0.15) is 5.75 Å². The number of nitrogens with zero attached hydrogens (tertiary/aromatic N) is 1. The third-order valence-electron chi connectivity index (χ3n) is 3.71. The van der Waals surface area contributed by atoms with Gasteiger partial charge in [0.2, 0.25) is 5.91 Å². The van der Waals surface area contributed by atoms with Crippen molar-refractivity contribution in [1.29, 1.82) is 0 Å². The molecule has 0 radical (unpaired) electrons. The second-order valence-corrected chi connectivity index (χ2v) is 5.29. The number of rotatable bonds is 5. The Bertz CT molecular complexity index is 628. The standard InChI is InChI=1S/C18H20N2O2/c21-18-14-19-13-15-7-4-5-10-17(15)20(18)11-6-12-22-16-8-2-1-3-9-16/h1-5,7-10,19H,6,11-14H2. The van der Waals surface area contributed by atoms with Crippen molar-refractivity contribution in [2.24, 2.45) is 0 Å². The number of nitrogens with one attached hydrogen (secondary N) is 1.